The Morgan fingerprint density at radius 3 is 2.75 bits per heavy atom. The van der Waals surface area contributed by atoms with Crippen LogP contribution >= 0.6 is 46.9 Å². The van der Waals surface area contributed by atoms with Crippen LogP contribution in [0.3, 0.4) is 0 Å². The second kappa shape index (κ2) is 10.9. The molecule has 132 valence electrons. The van der Waals surface area contributed by atoms with E-state index in [0.29, 0.717) is 0 Å². The molecule has 0 amide bonds. The lowest BCUT2D eigenvalue weighted by molar-refractivity contribution is 0.684. The van der Waals surface area contributed by atoms with Gasteiger partial charge >= 0.3 is 0 Å². The molecule has 0 spiro atoms. The standard InChI is InChI=1S/C17H23ClN4S.HI/c1-4-13-11-21-16(23-13)9-10-20-17(19-3)22-12(2)14-7-5-6-8-15(14)18;/h5-8,11-12H,4,9-10H2,1-3H3,(H2,19,20,22);1H. The molecule has 0 bridgehead atoms. The fourth-order valence-corrected chi connectivity index (χ4v) is 3.38. The van der Waals surface area contributed by atoms with Gasteiger partial charge in [-0.1, -0.05) is 36.7 Å². The van der Waals surface area contributed by atoms with Crippen molar-refractivity contribution in [2.24, 2.45) is 4.99 Å². The minimum absolute atomic E-state index is 0. The summed E-state index contributed by atoms with van der Waals surface area (Å²) in [5.41, 5.74) is 1.06. The first kappa shape index (κ1) is 21.2. The predicted molar refractivity (Wildman–Crippen MR) is 115 cm³/mol. The van der Waals surface area contributed by atoms with Crippen LogP contribution in [0.1, 0.15) is 35.3 Å². The summed E-state index contributed by atoms with van der Waals surface area (Å²) in [6.45, 7) is 5.02. The number of nitrogens with one attached hydrogen (secondary N) is 2. The van der Waals surface area contributed by atoms with Crippen molar-refractivity contribution >= 4 is 52.9 Å². The molecule has 0 aliphatic heterocycles. The maximum atomic E-state index is 6.24. The van der Waals surface area contributed by atoms with Crippen molar-refractivity contribution < 1.29 is 0 Å². The number of aryl methyl sites for hydroxylation is 1. The fraction of sp³-hybridized carbons (Fsp3) is 0.412. The lowest BCUT2D eigenvalue weighted by Gasteiger charge is -2.19. The average molecular weight is 479 g/mol. The van der Waals surface area contributed by atoms with E-state index in [-0.39, 0.29) is 30.0 Å². The molecule has 1 aromatic heterocycles. The summed E-state index contributed by atoms with van der Waals surface area (Å²) in [6.07, 6.45) is 3.90. The van der Waals surface area contributed by atoms with Gasteiger partial charge < -0.3 is 10.6 Å². The van der Waals surface area contributed by atoms with Crippen molar-refractivity contribution in [1.29, 1.82) is 0 Å². The SMILES string of the molecule is CCc1cnc(CCNC(=NC)NC(C)c2ccccc2Cl)s1.I. The molecule has 24 heavy (non-hydrogen) atoms. The second-order valence-electron chi connectivity index (χ2n) is 5.21. The molecule has 0 aliphatic rings. The van der Waals surface area contributed by atoms with Crippen LogP contribution in [0.25, 0.3) is 0 Å². The quantitative estimate of drug-likeness (QED) is 0.366. The van der Waals surface area contributed by atoms with Gasteiger partial charge in [0.2, 0.25) is 0 Å². The van der Waals surface area contributed by atoms with Gasteiger partial charge in [-0.25, -0.2) is 4.98 Å². The molecule has 7 heteroatoms. The van der Waals surface area contributed by atoms with Crippen LogP contribution in [-0.2, 0) is 12.8 Å². The Labute approximate surface area is 170 Å². The number of guanidine groups is 1. The zero-order chi connectivity index (χ0) is 16.7. The Morgan fingerprint density at radius 2 is 2.12 bits per heavy atom. The van der Waals surface area contributed by atoms with E-state index in [4.69, 9.17) is 11.6 Å². The van der Waals surface area contributed by atoms with Gasteiger partial charge in [0.25, 0.3) is 0 Å². The largest absolute Gasteiger partial charge is 0.356 e. The third kappa shape index (κ3) is 6.22. The van der Waals surface area contributed by atoms with Crippen LogP contribution in [0.2, 0.25) is 5.02 Å². The number of hydrogen-bond donors (Lipinski definition) is 2. The van der Waals surface area contributed by atoms with Crippen LogP contribution in [0.5, 0.6) is 0 Å². The van der Waals surface area contributed by atoms with E-state index in [0.717, 1.165) is 40.9 Å². The molecule has 2 rings (SSSR count). The summed E-state index contributed by atoms with van der Waals surface area (Å²) >= 11 is 8.02. The lowest BCUT2D eigenvalue weighted by atomic mass is 10.1. The molecule has 1 atom stereocenters. The number of hydrogen-bond acceptors (Lipinski definition) is 3. The minimum Gasteiger partial charge on any atom is -0.356 e. The summed E-state index contributed by atoms with van der Waals surface area (Å²) < 4.78 is 0. The van der Waals surface area contributed by atoms with Crippen LogP contribution in [-0.4, -0.2) is 24.5 Å². The monoisotopic (exact) mass is 478 g/mol. The van der Waals surface area contributed by atoms with E-state index in [1.807, 2.05) is 30.5 Å². The highest BCUT2D eigenvalue weighted by Crippen LogP contribution is 2.21. The van der Waals surface area contributed by atoms with Gasteiger partial charge in [-0.3, -0.25) is 4.99 Å². The molecule has 0 aliphatic carbocycles. The number of nitrogens with zero attached hydrogens (tertiary/aromatic N) is 2. The maximum absolute atomic E-state index is 6.24. The number of aromatic nitrogens is 1. The molecule has 0 radical (unpaired) electrons. The Balaban J connectivity index is 0.00000288. The predicted octanol–water partition coefficient (Wildman–Crippen LogP) is 4.45. The summed E-state index contributed by atoms with van der Waals surface area (Å²) in [5.74, 6) is 0.768. The molecular formula is C17H24ClIN4S. The fourth-order valence-electron chi connectivity index (χ4n) is 2.22. The van der Waals surface area contributed by atoms with Crippen LogP contribution < -0.4 is 10.6 Å². The molecule has 1 unspecified atom stereocenters. The first-order valence-corrected chi connectivity index (χ1v) is 8.98. The van der Waals surface area contributed by atoms with E-state index >= 15 is 0 Å². The van der Waals surface area contributed by atoms with E-state index < -0.39 is 0 Å². The molecule has 0 saturated heterocycles. The Bertz CT molecular complexity index is 660. The van der Waals surface area contributed by atoms with E-state index in [1.54, 1.807) is 18.4 Å². The highest BCUT2D eigenvalue weighted by atomic mass is 127. The number of benzene rings is 1. The molecule has 1 heterocycles. The summed E-state index contributed by atoms with van der Waals surface area (Å²) in [6, 6.07) is 7.93. The molecule has 4 nitrogen and oxygen atoms in total. The zero-order valence-electron chi connectivity index (χ0n) is 14.2. The smallest absolute Gasteiger partial charge is 0.191 e. The van der Waals surface area contributed by atoms with Crippen molar-refractivity contribution in [2.45, 2.75) is 32.7 Å². The van der Waals surface area contributed by atoms with Gasteiger partial charge in [0, 0.05) is 36.1 Å². The number of rotatable bonds is 6. The van der Waals surface area contributed by atoms with Crippen molar-refractivity contribution in [1.82, 2.24) is 15.6 Å². The number of halogens is 2. The molecule has 0 fully saturated rings. The topological polar surface area (TPSA) is 49.3 Å². The molecule has 2 aromatic rings. The number of thiazole rings is 1. The van der Waals surface area contributed by atoms with E-state index in [2.05, 4.69) is 34.5 Å². The molecule has 1 aromatic carbocycles. The second-order valence-corrected chi connectivity index (χ2v) is 6.82. The first-order valence-electron chi connectivity index (χ1n) is 7.79. The summed E-state index contributed by atoms with van der Waals surface area (Å²) in [5, 5.41) is 8.61. The third-order valence-electron chi connectivity index (χ3n) is 3.53. The molecule has 0 saturated carbocycles. The highest BCUT2D eigenvalue weighted by molar-refractivity contribution is 14.0. The van der Waals surface area contributed by atoms with E-state index in [9.17, 15) is 0 Å². The summed E-state index contributed by atoms with van der Waals surface area (Å²) in [4.78, 5) is 10.0. The van der Waals surface area contributed by atoms with Gasteiger partial charge in [0.05, 0.1) is 11.0 Å². The van der Waals surface area contributed by atoms with Crippen molar-refractivity contribution in [3.8, 4) is 0 Å². The molecule has 2 N–H and O–H groups in total. The van der Waals surface area contributed by atoms with Gasteiger partial charge in [0.1, 0.15) is 0 Å². The van der Waals surface area contributed by atoms with Gasteiger partial charge in [-0.2, -0.15) is 0 Å². The maximum Gasteiger partial charge on any atom is 0.191 e. The zero-order valence-corrected chi connectivity index (χ0v) is 18.1. The summed E-state index contributed by atoms with van der Waals surface area (Å²) in [7, 11) is 1.77. The molecular weight excluding hydrogens is 455 g/mol. The minimum atomic E-state index is 0. The first-order chi connectivity index (χ1) is 11.1. The third-order valence-corrected chi connectivity index (χ3v) is 5.08. The van der Waals surface area contributed by atoms with Gasteiger partial charge in [0.15, 0.2) is 5.96 Å². The van der Waals surface area contributed by atoms with Crippen molar-refractivity contribution in [3.05, 3.63) is 50.9 Å². The van der Waals surface area contributed by atoms with Gasteiger partial charge in [-0.15, -0.1) is 35.3 Å². The Hall–Kier alpha value is -0.860. The normalized spacial score (nSPS) is 12.4. The number of aliphatic imine (C=N–C) groups is 1. The van der Waals surface area contributed by atoms with Crippen LogP contribution in [0.15, 0.2) is 35.5 Å². The van der Waals surface area contributed by atoms with Crippen LogP contribution in [0.4, 0.5) is 0 Å². The average Bonchev–Trinajstić information content (AvgIpc) is 3.02. The van der Waals surface area contributed by atoms with Crippen molar-refractivity contribution in [2.75, 3.05) is 13.6 Å². The van der Waals surface area contributed by atoms with Gasteiger partial charge in [-0.05, 0) is 25.0 Å². The Morgan fingerprint density at radius 1 is 1.38 bits per heavy atom. The Kier molecular flexibility index (Phi) is 9.61. The van der Waals surface area contributed by atoms with E-state index in [1.165, 1.54) is 4.88 Å². The highest BCUT2D eigenvalue weighted by Gasteiger charge is 2.10. The van der Waals surface area contributed by atoms with Crippen molar-refractivity contribution in [3.63, 3.8) is 0 Å². The lowest BCUT2D eigenvalue weighted by Crippen LogP contribution is -2.39. The van der Waals surface area contributed by atoms with Crippen LogP contribution in [0, 0.1) is 0 Å².